The van der Waals surface area contributed by atoms with E-state index in [1.54, 1.807) is 21.5 Å². The molecule has 0 spiro atoms. The molecule has 2 saturated carbocycles. The van der Waals surface area contributed by atoms with E-state index in [1.165, 1.54) is 57.8 Å². The van der Waals surface area contributed by atoms with Gasteiger partial charge in [0.25, 0.3) is 0 Å². The van der Waals surface area contributed by atoms with Crippen molar-refractivity contribution in [3.63, 3.8) is 0 Å². The van der Waals surface area contributed by atoms with Crippen molar-refractivity contribution in [3.05, 3.63) is 75.7 Å². The van der Waals surface area contributed by atoms with E-state index in [0.717, 1.165) is 5.92 Å². The van der Waals surface area contributed by atoms with Crippen molar-refractivity contribution in [2.45, 2.75) is 64.3 Å². The van der Waals surface area contributed by atoms with Gasteiger partial charge in [-0.05, 0) is 73.6 Å². The minimum Gasteiger partial charge on any atom is -0.0774 e. The first-order valence-corrected chi connectivity index (χ1v) is 13.2. The molecule has 4 aliphatic carbocycles. The average molecular weight is 359 g/mol. The van der Waals surface area contributed by atoms with E-state index < -0.39 is 8.07 Å². The topological polar surface area (TPSA) is 0 Å². The van der Waals surface area contributed by atoms with Crippen LogP contribution in [0.25, 0.3) is 0 Å². The summed E-state index contributed by atoms with van der Waals surface area (Å²) in [4.78, 5) is 0. The van der Waals surface area contributed by atoms with Crippen LogP contribution in [-0.4, -0.2) is 8.07 Å². The molecular formula is C25H30Si. The van der Waals surface area contributed by atoms with Gasteiger partial charge in [0.15, 0.2) is 0 Å². The molecule has 1 heteroatoms. The van der Waals surface area contributed by atoms with Gasteiger partial charge >= 0.3 is 0 Å². The Morgan fingerprint density at radius 3 is 2.62 bits per heavy atom. The molecule has 0 radical (unpaired) electrons. The number of hydrogen-bond donors (Lipinski definition) is 0. The summed E-state index contributed by atoms with van der Waals surface area (Å²) >= 11 is 0. The van der Waals surface area contributed by atoms with Gasteiger partial charge in [-0.2, -0.15) is 0 Å². The van der Waals surface area contributed by atoms with Crippen LogP contribution in [0.3, 0.4) is 0 Å². The summed E-state index contributed by atoms with van der Waals surface area (Å²) in [5.74, 6) is 0.750. The molecule has 0 bridgehead atoms. The quantitative estimate of drug-likeness (QED) is 0.556. The molecule has 0 aromatic heterocycles. The van der Waals surface area contributed by atoms with Gasteiger partial charge in [0, 0.05) is 0 Å². The maximum absolute atomic E-state index is 2.67. The predicted molar refractivity (Wildman–Crippen MR) is 114 cm³/mol. The first-order valence-electron chi connectivity index (χ1n) is 10.7. The van der Waals surface area contributed by atoms with Gasteiger partial charge in [0.05, 0.1) is 0 Å². The van der Waals surface area contributed by atoms with Crippen molar-refractivity contribution in [2.75, 3.05) is 0 Å². The van der Waals surface area contributed by atoms with E-state index in [1.807, 2.05) is 10.8 Å². The summed E-state index contributed by atoms with van der Waals surface area (Å²) in [5, 5.41) is 5.24. The zero-order valence-corrected chi connectivity index (χ0v) is 17.1. The van der Waals surface area contributed by atoms with Crippen molar-refractivity contribution in [1.82, 2.24) is 0 Å². The first-order chi connectivity index (χ1) is 12.8. The van der Waals surface area contributed by atoms with Crippen molar-refractivity contribution >= 4 is 13.3 Å². The third kappa shape index (κ3) is 2.47. The second kappa shape index (κ2) is 6.53. The fourth-order valence-electron chi connectivity index (χ4n) is 6.01. The van der Waals surface area contributed by atoms with Gasteiger partial charge in [0.1, 0.15) is 8.07 Å². The number of fused-ring (bicyclic) bond motifs is 2. The molecule has 5 rings (SSSR count). The summed E-state index contributed by atoms with van der Waals surface area (Å²) in [6.45, 7) is 2.67. The Hall–Kier alpha value is -1.60. The summed E-state index contributed by atoms with van der Waals surface area (Å²) in [7, 11) is -1.86. The van der Waals surface area contributed by atoms with Gasteiger partial charge in [-0.1, -0.05) is 77.5 Å². The predicted octanol–water partition coefficient (Wildman–Crippen LogP) is 6.31. The molecule has 0 nitrogen and oxygen atoms in total. The molecule has 2 fully saturated rings. The minimum atomic E-state index is -1.86. The van der Waals surface area contributed by atoms with E-state index in [-0.39, 0.29) is 0 Å². The van der Waals surface area contributed by atoms with E-state index >= 15 is 0 Å². The molecule has 2 atom stereocenters. The number of rotatable bonds is 3. The molecule has 4 aliphatic rings. The normalized spacial score (nSPS) is 27.3. The number of hydrogen-bond acceptors (Lipinski definition) is 0. The Bertz CT molecular complexity index is 836. The van der Waals surface area contributed by atoms with Crippen LogP contribution in [-0.2, 0) is 0 Å². The van der Waals surface area contributed by atoms with Crippen molar-refractivity contribution in [2.24, 2.45) is 5.92 Å². The molecule has 2 unspecified atom stereocenters. The summed E-state index contributed by atoms with van der Waals surface area (Å²) < 4.78 is 0. The van der Waals surface area contributed by atoms with Gasteiger partial charge < -0.3 is 0 Å². The Kier molecular flexibility index (Phi) is 4.16. The summed E-state index contributed by atoms with van der Waals surface area (Å²) in [6.07, 6.45) is 19.9. The van der Waals surface area contributed by atoms with Crippen LogP contribution in [0.5, 0.6) is 0 Å². The number of allylic oxidation sites excluding steroid dienone is 8. The highest BCUT2D eigenvalue weighted by Gasteiger charge is 2.43. The minimum absolute atomic E-state index is 0.750. The van der Waals surface area contributed by atoms with Crippen LogP contribution >= 0.6 is 0 Å². The zero-order chi connectivity index (χ0) is 17.6. The smallest absolute Gasteiger partial charge is 0.0774 e. The second-order valence-electron chi connectivity index (χ2n) is 8.74. The summed E-state index contributed by atoms with van der Waals surface area (Å²) in [6, 6.07) is 11.6. The number of benzene rings is 1. The van der Waals surface area contributed by atoms with Crippen molar-refractivity contribution < 1.29 is 0 Å². The Morgan fingerprint density at radius 1 is 0.923 bits per heavy atom. The van der Waals surface area contributed by atoms with E-state index in [2.05, 4.69) is 55.1 Å². The zero-order valence-electron chi connectivity index (χ0n) is 16.1. The van der Waals surface area contributed by atoms with E-state index in [4.69, 9.17) is 0 Å². The van der Waals surface area contributed by atoms with E-state index in [9.17, 15) is 0 Å². The van der Waals surface area contributed by atoms with Crippen LogP contribution in [0.1, 0.15) is 57.8 Å². The fourth-order valence-corrected chi connectivity index (χ4v) is 10.6. The highest BCUT2D eigenvalue weighted by molar-refractivity contribution is 7.03. The lowest BCUT2D eigenvalue weighted by Gasteiger charge is -2.35. The second-order valence-corrected chi connectivity index (χ2v) is 12.7. The monoisotopic (exact) mass is 358 g/mol. The summed E-state index contributed by atoms with van der Waals surface area (Å²) in [5.41, 5.74) is 5.29. The Balaban J connectivity index is 1.70. The first kappa shape index (κ1) is 16.6. The van der Waals surface area contributed by atoms with Gasteiger partial charge in [-0.3, -0.25) is 0 Å². The Labute approximate surface area is 159 Å². The molecule has 26 heavy (non-hydrogen) atoms. The van der Waals surface area contributed by atoms with Crippen LogP contribution in [0.15, 0.2) is 75.7 Å². The molecule has 0 aliphatic heterocycles. The van der Waals surface area contributed by atoms with Gasteiger partial charge in [-0.15, -0.1) is 0 Å². The SMILES string of the molecule is C[Si](C1=C2CCCCC2C=C1)(C1=C2CCCCC2=CC1)c1ccccc1. The highest BCUT2D eigenvalue weighted by Crippen LogP contribution is 2.47. The third-order valence-electron chi connectivity index (χ3n) is 7.42. The lowest BCUT2D eigenvalue weighted by molar-refractivity contribution is 0.524. The van der Waals surface area contributed by atoms with Crippen molar-refractivity contribution in [3.8, 4) is 0 Å². The van der Waals surface area contributed by atoms with Crippen LogP contribution in [0.2, 0.25) is 6.55 Å². The van der Waals surface area contributed by atoms with E-state index in [0.29, 0.717) is 0 Å². The molecule has 0 N–H and O–H groups in total. The van der Waals surface area contributed by atoms with Crippen molar-refractivity contribution in [1.29, 1.82) is 0 Å². The molecule has 0 saturated heterocycles. The lowest BCUT2D eigenvalue weighted by atomic mass is 9.87. The maximum atomic E-state index is 2.67. The molecule has 1 aromatic carbocycles. The largest absolute Gasteiger partial charge is 0.141 e. The maximum Gasteiger partial charge on any atom is 0.141 e. The fraction of sp³-hybridized carbons (Fsp3) is 0.440. The Morgan fingerprint density at radius 2 is 1.73 bits per heavy atom. The third-order valence-corrected chi connectivity index (χ3v) is 12.2. The molecule has 1 aromatic rings. The average Bonchev–Trinajstić information content (AvgIpc) is 3.33. The molecular weight excluding hydrogens is 328 g/mol. The van der Waals surface area contributed by atoms with Crippen LogP contribution < -0.4 is 5.19 Å². The highest BCUT2D eigenvalue weighted by atomic mass is 28.3. The van der Waals surface area contributed by atoms with Crippen LogP contribution in [0, 0.1) is 5.92 Å². The lowest BCUT2D eigenvalue weighted by Crippen LogP contribution is -2.49. The standard InChI is InChI=1S/C25H30Si/c1-26(21-11-3-2-4-12-21,24-17-15-19-9-5-7-13-22(19)24)25-18-16-20-10-6-8-14-23(20)25/h2-4,11-12,15-17,19H,5-10,13-14,18H2,1H3. The van der Waals surface area contributed by atoms with Gasteiger partial charge in [-0.25, -0.2) is 0 Å². The molecule has 0 amide bonds. The van der Waals surface area contributed by atoms with Crippen LogP contribution in [0.4, 0.5) is 0 Å². The molecule has 0 heterocycles. The van der Waals surface area contributed by atoms with Gasteiger partial charge in [0.2, 0.25) is 0 Å². The molecule has 134 valence electrons.